The average molecular weight is 504 g/mol. The van der Waals surface area contributed by atoms with Crippen molar-refractivity contribution in [2.75, 3.05) is 0 Å². The molecule has 0 radical (unpaired) electrons. The number of amidine groups is 1. The fourth-order valence-corrected chi connectivity index (χ4v) is 5.44. The number of nitrogens with one attached hydrogen (secondary N) is 2. The number of thiophene rings is 1. The number of hydrogen-bond donors (Lipinski definition) is 4. The minimum atomic E-state index is -1.20. The van der Waals surface area contributed by atoms with Crippen molar-refractivity contribution < 1.29 is 24.2 Å². The number of nitrogens with two attached hydrogens (primary N) is 1. The Morgan fingerprint density at radius 2 is 1.88 bits per heavy atom. The SMILES string of the molecule is CC(C)(Cc1ccc(C(=O)Oc2ccc(C(=N)N)cc2P)s1)C(=O)NC1(C(=O)O)CCCCC1. The maximum atomic E-state index is 13.1. The van der Waals surface area contributed by atoms with Gasteiger partial charge in [0, 0.05) is 21.2 Å². The second-order valence-electron chi connectivity index (χ2n) is 9.28. The molecule has 0 spiro atoms. The molecule has 1 fully saturated rings. The molecule has 8 nitrogen and oxygen atoms in total. The van der Waals surface area contributed by atoms with Crippen LogP contribution in [0.25, 0.3) is 0 Å². The summed E-state index contributed by atoms with van der Waals surface area (Å²) < 4.78 is 5.49. The van der Waals surface area contributed by atoms with E-state index in [4.69, 9.17) is 15.9 Å². The van der Waals surface area contributed by atoms with E-state index in [0.29, 0.717) is 40.8 Å². The van der Waals surface area contributed by atoms with Gasteiger partial charge in [-0.25, -0.2) is 9.59 Å². The van der Waals surface area contributed by atoms with Crippen LogP contribution in [-0.4, -0.2) is 34.3 Å². The van der Waals surface area contributed by atoms with Crippen molar-refractivity contribution in [3.05, 3.63) is 45.6 Å². The van der Waals surface area contributed by atoms with Crippen LogP contribution in [0.4, 0.5) is 0 Å². The van der Waals surface area contributed by atoms with Gasteiger partial charge in [0.15, 0.2) is 0 Å². The molecule has 3 rings (SSSR count). The van der Waals surface area contributed by atoms with Crippen LogP contribution in [0.5, 0.6) is 5.75 Å². The summed E-state index contributed by atoms with van der Waals surface area (Å²) in [7, 11) is 2.46. The molecule has 1 atom stereocenters. The summed E-state index contributed by atoms with van der Waals surface area (Å²) in [6.45, 7) is 3.55. The van der Waals surface area contributed by atoms with Crippen molar-refractivity contribution in [1.29, 1.82) is 5.41 Å². The van der Waals surface area contributed by atoms with Crippen LogP contribution in [0, 0.1) is 10.8 Å². The minimum absolute atomic E-state index is 0.0751. The molecule has 1 unspecified atom stereocenters. The number of carbonyl (C=O) groups excluding carboxylic acids is 2. The Balaban J connectivity index is 1.67. The predicted octanol–water partition coefficient (Wildman–Crippen LogP) is 3.22. The highest BCUT2D eigenvalue weighted by atomic mass is 32.1. The van der Waals surface area contributed by atoms with E-state index in [2.05, 4.69) is 14.6 Å². The number of aliphatic carboxylic acids is 1. The summed E-state index contributed by atoms with van der Waals surface area (Å²) in [4.78, 5) is 38.8. The highest BCUT2D eigenvalue weighted by molar-refractivity contribution is 7.27. The van der Waals surface area contributed by atoms with E-state index in [1.807, 2.05) is 0 Å². The van der Waals surface area contributed by atoms with E-state index in [0.717, 1.165) is 24.1 Å². The molecule has 1 aliphatic rings. The number of nitrogen functional groups attached to an aromatic ring is 1. The molecule has 1 aromatic carbocycles. The van der Waals surface area contributed by atoms with Crippen LogP contribution >= 0.6 is 20.6 Å². The lowest BCUT2D eigenvalue weighted by atomic mass is 9.79. The minimum Gasteiger partial charge on any atom is -0.480 e. The first-order valence-corrected chi connectivity index (χ1v) is 12.4. The number of benzene rings is 1. The summed E-state index contributed by atoms with van der Waals surface area (Å²) >= 11 is 1.24. The fraction of sp³-hybridized carbons (Fsp3) is 0.417. The monoisotopic (exact) mass is 503 g/mol. The highest BCUT2D eigenvalue weighted by Crippen LogP contribution is 2.32. The Morgan fingerprint density at radius 3 is 2.47 bits per heavy atom. The third kappa shape index (κ3) is 5.83. The first-order chi connectivity index (χ1) is 15.9. The van der Waals surface area contributed by atoms with Gasteiger partial charge in [-0.15, -0.1) is 20.6 Å². The third-order valence-electron chi connectivity index (χ3n) is 6.09. The van der Waals surface area contributed by atoms with Crippen LogP contribution in [0.15, 0.2) is 30.3 Å². The van der Waals surface area contributed by atoms with Crippen molar-refractivity contribution in [2.45, 2.75) is 57.9 Å². The second kappa shape index (κ2) is 10.2. The summed E-state index contributed by atoms with van der Waals surface area (Å²) in [5.74, 6) is -1.55. The highest BCUT2D eigenvalue weighted by Gasteiger charge is 2.43. The second-order valence-corrected chi connectivity index (χ2v) is 11.1. The smallest absolute Gasteiger partial charge is 0.353 e. The standard InChI is InChI=1S/C24H30N3O5PS/c1-23(2,21(29)27-24(22(30)31)10-4-3-5-11-24)13-15-7-9-18(34-15)20(28)32-16-8-6-14(19(25)26)12-17(16)33/h6-9,12H,3-5,10-11,13,33H2,1-2H3,(H3,25,26)(H,27,29)(H,30,31). The molecule has 0 aliphatic heterocycles. The lowest BCUT2D eigenvalue weighted by Crippen LogP contribution is -2.58. The topological polar surface area (TPSA) is 143 Å². The number of carboxylic acid groups (broad SMARTS) is 1. The Hall–Kier alpha value is -2.77. The molecule has 182 valence electrons. The third-order valence-corrected chi connectivity index (χ3v) is 7.60. The number of carboxylic acids is 1. The molecule has 1 saturated carbocycles. The lowest BCUT2D eigenvalue weighted by molar-refractivity contribution is -0.151. The van der Waals surface area contributed by atoms with Gasteiger partial charge in [-0.1, -0.05) is 33.1 Å². The molecule has 34 heavy (non-hydrogen) atoms. The van der Waals surface area contributed by atoms with E-state index >= 15 is 0 Å². The molecular formula is C24H30N3O5PS. The maximum absolute atomic E-state index is 13.1. The first kappa shape index (κ1) is 25.8. The molecule has 5 N–H and O–H groups in total. The quantitative estimate of drug-likeness (QED) is 0.143. The molecule has 1 heterocycles. The zero-order valence-electron chi connectivity index (χ0n) is 19.3. The van der Waals surface area contributed by atoms with Crippen molar-refractivity contribution in [3.63, 3.8) is 0 Å². The molecular weight excluding hydrogens is 473 g/mol. The van der Waals surface area contributed by atoms with Gasteiger partial charge in [-0.3, -0.25) is 10.2 Å². The van der Waals surface area contributed by atoms with Gasteiger partial charge in [0.1, 0.15) is 22.0 Å². The maximum Gasteiger partial charge on any atom is 0.353 e. The number of rotatable bonds is 8. The lowest BCUT2D eigenvalue weighted by Gasteiger charge is -2.37. The molecule has 1 aliphatic carbocycles. The summed E-state index contributed by atoms with van der Waals surface area (Å²) in [5.41, 5.74) is 3.95. The van der Waals surface area contributed by atoms with Crippen LogP contribution < -0.4 is 21.1 Å². The van der Waals surface area contributed by atoms with Gasteiger partial charge in [0.2, 0.25) is 5.91 Å². The van der Waals surface area contributed by atoms with Crippen LogP contribution in [0.1, 0.15) is 66.1 Å². The number of hydrogen-bond acceptors (Lipinski definition) is 6. The number of carbonyl (C=O) groups is 3. The Labute approximate surface area is 205 Å². The Kier molecular flexibility index (Phi) is 7.78. The van der Waals surface area contributed by atoms with Crippen molar-refractivity contribution in [1.82, 2.24) is 5.32 Å². The van der Waals surface area contributed by atoms with E-state index in [9.17, 15) is 19.5 Å². The average Bonchev–Trinajstić information content (AvgIpc) is 3.23. The van der Waals surface area contributed by atoms with E-state index < -0.39 is 22.9 Å². The molecule has 1 aromatic heterocycles. The molecule has 0 saturated heterocycles. The molecule has 0 bridgehead atoms. The number of esters is 1. The molecule has 1 amide bonds. The summed E-state index contributed by atoms with van der Waals surface area (Å²) in [6.07, 6.45) is 3.75. The number of amides is 1. The van der Waals surface area contributed by atoms with Gasteiger partial charge in [-0.2, -0.15) is 0 Å². The Bertz CT molecular complexity index is 1120. The predicted molar refractivity (Wildman–Crippen MR) is 135 cm³/mol. The first-order valence-electron chi connectivity index (χ1n) is 11.0. The number of ether oxygens (including phenoxy) is 1. The molecule has 10 heteroatoms. The van der Waals surface area contributed by atoms with E-state index in [1.54, 1.807) is 44.2 Å². The molecule has 2 aromatic rings. The zero-order valence-corrected chi connectivity index (χ0v) is 21.2. The van der Waals surface area contributed by atoms with Gasteiger partial charge in [-0.05, 0) is 49.6 Å². The van der Waals surface area contributed by atoms with Gasteiger partial charge >= 0.3 is 11.9 Å². The fourth-order valence-electron chi connectivity index (χ4n) is 3.99. The normalized spacial score (nSPS) is 15.4. The zero-order chi connectivity index (χ0) is 25.1. The van der Waals surface area contributed by atoms with E-state index in [1.165, 1.54) is 11.3 Å². The van der Waals surface area contributed by atoms with Crippen molar-refractivity contribution in [2.24, 2.45) is 11.1 Å². The van der Waals surface area contributed by atoms with Crippen LogP contribution in [0.2, 0.25) is 0 Å². The van der Waals surface area contributed by atoms with E-state index in [-0.39, 0.29) is 11.7 Å². The van der Waals surface area contributed by atoms with Crippen LogP contribution in [0.3, 0.4) is 0 Å². The van der Waals surface area contributed by atoms with Crippen molar-refractivity contribution >= 4 is 49.6 Å². The van der Waals surface area contributed by atoms with Gasteiger partial charge < -0.3 is 20.9 Å². The Morgan fingerprint density at radius 1 is 1.21 bits per heavy atom. The largest absolute Gasteiger partial charge is 0.480 e. The van der Waals surface area contributed by atoms with Gasteiger partial charge in [0.05, 0.1) is 0 Å². The van der Waals surface area contributed by atoms with Crippen LogP contribution in [-0.2, 0) is 16.0 Å². The van der Waals surface area contributed by atoms with Crippen molar-refractivity contribution in [3.8, 4) is 5.75 Å². The van der Waals surface area contributed by atoms with Gasteiger partial charge in [0.25, 0.3) is 0 Å². The summed E-state index contributed by atoms with van der Waals surface area (Å²) in [6, 6.07) is 8.28. The summed E-state index contributed by atoms with van der Waals surface area (Å²) in [5, 5.41) is 20.7.